The van der Waals surface area contributed by atoms with Crippen LogP contribution in [0.2, 0.25) is 0 Å². The van der Waals surface area contributed by atoms with Gasteiger partial charge in [0.2, 0.25) is 0 Å². The standard InChI is InChI=1S/C21H25O4PS/c1-5-23-26(22,24-6-2)27-21-14-20(17-10-7-15(3)8-11-17)25-19-12-9-16(4)13-18(19)21/h7-14,20H,5-6H2,1-4H3. The van der Waals surface area contributed by atoms with Gasteiger partial charge in [0, 0.05) is 10.5 Å². The minimum atomic E-state index is -3.29. The Hall–Kier alpha value is -1.52. The predicted octanol–water partition coefficient (Wildman–Crippen LogP) is 6.69. The van der Waals surface area contributed by atoms with Crippen molar-refractivity contribution in [1.82, 2.24) is 0 Å². The van der Waals surface area contributed by atoms with Crippen LogP contribution in [0.4, 0.5) is 0 Å². The highest BCUT2D eigenvalue weighted by molar-refractivity contribution is 8.59. The molecule has 0 N–H and O–H groups in total. The van der Waals surface area contributed by atoms with Gasteiger partial charge in [-0.25, -0.2) is 4.57 Å². The van der Waals surface area contributed by atoms with Crippen molar-refractivity contribution >= 4 is 23.1 Å². The van der Waals surface area contributed by atoms with Crippen molar-refractivity contribution in [2.75, 3.05) is 13.2 Å². The summed E-state index contributed by atoms with van der Waals surface area (Å²) in [6.07, 6.45) is 1.75. The van der Waals surface area contributed by atoms with Crippen LogP contribution in [0.1, 0.15) is 42.2 Å². The summed E-state index contributed by atoms with van der Waals surface area (Å²) in [5, 5.41) is 0. The first-order valence-electron chi connectivity index (χ1n) is 9.09. The first kappa shape index (κ1) is 20.2. The van der Waals surface area contributed by atoms with E-state index in [4.69, 9.17) is 13.8 Å². The van der Waals surface area contributed by atoms with E-state index < -0.39 is 6.80 Å². The van der Waals surface area contributed by atoms with Gasteiger partial charge in [0.1, 0.15) is 11.9 Å². The van der Waals surface area contributed by atoms with E-state index in [1.807, 2.05) is 45.0 Å². The largest absolute Gasteiger partial charge is 0.481 e. The lowest BCUT2D eigenvalue weighted by Crippen LogP contribution is -2.11. The second-order valence-electron chi connectivity index (χ2n) is 6.35. The van der Waals surface area contributed by atoms with E-state index in [0.717, 1.165) is 38.7 Å². The summed E-state index contributed by atoms with van der Waals surface area (Å²) in [5.74, 6) is 0.774. The maximum Gasteiger partial charge on any atom is 0.393 e. The summed E-state index contributed by atoms with van der Waals surface area (Å²) >= 11 is 1.16. The van der Waals surface area contributed by atoms with Crippen LogP contribution >= 0.6 is 18.2 Å². The molecule has 4 nitrogen and oxygen atoms in total. The van der Waals surface area contributed by atoms with Crippen molar-refractivity contribution < 1.29 is 18.3 Å². The Balaban J connectivity index is 2.01. The highest BCUT2D eigenvalue weighted by Crippen LogP contribution is 2.66. The molecule has 0 radical (unpaired) electrons. The van der Waals surface area contributed by atoms with E-state index >= 15 is 0 Å². The predicted molar refractivity (Wildman–Crippen MR) is 112 cm³/mol. The molecule has 1 aliphatic heterocycles. The molecule has 1 atom stereocenters. The van der Waals surface area contributed by atoms with Crippen LogP contribution in [-0.2, 0) is 13.6 Å². The quantitative estimate of drug-likeness (QED) is 0.481. The number of hydrogen-bond donors (Lipinski definition) is 0. The van der Waals surface area contributed by atoms with Gasteiger partial charge in [-0.15, -0.1) is 0 Å². The molecule has 1 unspecified atom stereocenters. The van der Waals surface area contributed by atoms with E-state index in [-0.39, 0.29) is 6.10 Å². The fraction of sp³-hybridized carbons (Fsp3) is 0.333. The normalized spacial score (nSPS) is 16.4. The van der Waals surface area contributed by atoms with Gasteiger partial charge in [0.05, 0.1) is 13.2 Å². The molecule has 144 valence electrons. The van der Waals surface area contributed by atoms with Crippen LogP contribution in [0.25, 0.3) is 4.91 Å². The highest BCUT2D eigenvalue weighted by atomic mass is 32.7. The number of fused-ring (bicyclic) bond motifs is 1. The van der Waals surface area contributed by atoms with Gasteiger partial charge >= 0.3 is 6.80 Å². The third-order valence-corrected chi connectivity index (χ3v) is 7.97. The third kappa shape index (κ3) is 4.85. The van der Waals surface area contributed by atoms with Crippen molar-refractivity contribution in [3.05, 3.63) is 70.8 Å². The number of rotatable bonds is 7. The van der Waals surface area contributed by atoms with Crippen molar-refractivity contribution in [1.29, 1.82) is 0 Å². The molecule has 0 saturated carbocycles. The van der Waals surface area contributed by atoms with Gasteiger partial charge in [-0.05, 0) is 62.8 Å². The van der Waals surface area contributed by atoms with Gasteiger partial charge in [0.25, 0.3) is 0 Å². The molecule has 0 fully saturated rings. The van der Waals surface area contributed by atoms with Gasteiger partial charge in [0.15, 0.2) is 0 Å². The molecule has 0 bridgehead atoms. The number of ether oxygens (including phenoxy) is 1. The molecule has 1 aliphatic rings. The molecule has 0 spiro atoms. The first-order valence-corrected chi connectivity index (χ1v) is 12.1. The van der Waals surface area contributed by atoms with Crippen LogP contribution in [0.3, 0.4) is 0 Å². The molecule has 0 aliphatic carbocycles. The number of aryl methyl sites for hydroxylation is 2. The summed E-state index contributed by atoms with van der Waals surface area (Å²) in [5.41, 5.74) is 4.28. The molecule has 2 aromatic carbocycles. The maximum atomic E-state index is 13.1. The Morgan fingerprint density at radius 3 is 2.26 bits per heavy atom. The lowest BCUT2D eigenvalue weighted by Gasteiger charge is -2.27. The summed E-state index contributed by atoms with van der Waals surface area (Å²) in [7, 11) is 0. The molecular formula is C21H25O4PS. The maximum absolute atomic E-state index is 13.1. The van der Waals surface area contributed by atoms with Crippen LogP contribution in [0.15, 0.2) is 48.5 Å². The van der Waals surface area contributed by atoms with Gasteiger partial charge in [-0.3, -0.25) is 0 Å². The molecule has 0 saturated heterocycles. The smallest absolute Gasteiger partial charge is 0.393 e. The lowest BCUT2D eigenvalue weighted by atomic mass is 10.0. The van der Waals surface area contributed by atoms with Crippen molar-refractivity contribution in [2.45, 2.75) is 33.8 Å². The summed E-state index contributed by atoms with van der Waals surface area (Å²) in [6.45, 7) is 5.09. The molecule has 27 heavy (non-hydrogen) atoms. The highest BCUT2D eigenvalue weighted by Gasteiger charge is 2.32. The minimum Gasteiger partial charge on any atom is -0.481 e. The van der Waals surface area contributed by atoms with Gasteiger partial charge < -0.3 is 13.8 Å². The zero-order valence-electron chi connectivity index (χ0n) is 16.1. The van der Waals surface area contributed by atoms with Crippen molar-refractivity contribution in [2.24, 2.45) is 0 Å². The monoisotopic (exact) mass is 404 g/mol. The summed E-state index contributed by atoms with van der Waals surface area (Å²) < 4.78 is 30.3. The molecule has 6 heteroatoms. The molecule has 0 amide bonds. The van der Waals surface area contributed by atoms with Crippen LogP contribution in [-0.4, -0.2) is 13.2 Å². The topological polar surface area (TPSA) is 44.8 Å². The fourth-order valence-corrected chi connectivity index (χ4v) is 6.51. The average molecular weight is 404 g/mol. The van der Waals surface area contributed by atoms with Crippen molar-refractivity contribution in [3.8, 4) is 5.75 Å². The Kier molecular flexibility index (Phi) is 6.48. The lowest BCUT2D eigenvalue weighted by molar-refractivity contribution is 0.237. The number of benzene rings is 2. The second-order valence-corrected chi connectivity index (χ2v) is 10.3. The molecule has 3 rings (SSSR count). The van der Waals surface area contributed by atoms with Gasteiger partial charge in [-0.1, -0.05) is 41.5 Å². The Labute approximate surface area is 165 Å². The van der Waals surface area contributed by atoms with E-state index in [1.165, 1.54) is 5.56 Å². The SMILES string of the molecule is CCOP(=O)(OCC)SC1=CC(c2ccc(C)cc2)Oc2ccc(C)cc21. The molecule has 1 heterocycles. The van der Waals surface area contributed by atoms with Crippen LogP contribution in [0, 0.1) is 13.8 Å². The molecule has 2 aromatic rings. The van der Waals surface area contributed by atoms with Crippen molar-refractivity contribution in [3.63, 3.8) is 0 Å². The van der Waals surface area contributed by atoms with E-state index in [2.05, 4.69) is 31.2 Å². The van der Waals surface area contributed by atoms with E-state index in [1.54, 1.807) is 0 Å². The minimum absolute atomic E-state index is 0.250. The first-order chi connectivity index (χ1) is 12.9. The second kappa shape index (κ2) is 8.66. The fourth-order valence-electron chi connectivity index (χ4n) is 2.86. The van der Waals surface area contributed by atoms with E-state index in [9.17, 15) is 4.57 Å². The van der Waals surface area contributed by atoms with Crippen LogP contribution in [0.5, 0.6) is 5.75 Å². The molecule has 0 aromatic heterocycles. The summed E-state index contributed by atoms with van der Waals surface area (Å²) in [6, 6.07) is 14.3. The third-order valence-electron chi connectivity index (χ3n) is 4.15. The average Bonchev–Trinajstić information content (AvgIpc) is 2.63. The Bertz CT molecular complexity index is 866. The molecular weight excluding hydrogens is 379 g/mol. The Morgan fingerprint density at radius 1 is 1.00 bits per heavy atom. The van der Waals surface area contributed by atoms with Crippen LogP contribution < -0.4 is 4.74 Å². The van der Waals surface area contributed by atoms with Gasteiger partial charge in [-0.2, -0.15) is 0 Å². The summed E-state index contributed by atoms with van der Waals surface area (Å²) in [4.78, 5) is 0.857. The Morgan fingerprint density at radius 2 is 1.63 bits per heavy atom. The van der Waals surface area contributed by atoms with E-state index in [0.29, 0.717) is 13.2 Å². The zero-order valence-corrected chi connectivity index (χ0v) is 17.8. The number of hydrogen-bond acceptors (Lipinski definition) is 5. The zero-order chi connectivity index (χ0) is 19.4.